The molecule has 5 heteroatoms. The van der Waals surface area contributed by atoms with Crippen LogP contribution in [0.3, 0.4) is 0 Å². The number of anilines is 1. The van der Waals surface area contributed by atoms with Crippen molar-refractivity contribution in [1.82, 2.24) is 4.90 Å². The molecule has 0 saturated carbocycles. The van der Waals surface area contributed by atoms with Crippen LogP contribution in [0.1, 0.15) is 24.8 Å². The number of hydrogen-bond donors (Lipinski definition) is 0. The van der Waals surface area contributed by atoms with Gasteiger partial charge in [0.1, 0.15) is 5.75 Å². The van der Waals surface area contributed by atoms with Gasteiger partial charge in [-0.2, -0.15) is 0 Å². The van der Waals surface area contributed by atoms with Crippen molar-refractivity contribution < 1.29 is 9.53 Å². The minimum atomic E-state index is 0.190. The van der Waals surface area contributed by atoms with E-state index in [1.54, 1.807) is 7.11 Å². The van der Waals surface area contributed by atoms with Crippen LogP contribution in [-0.2, 0) is 4.79 Å². The average Bonchev–Trinajstić information content (AvgIpc) is 2.68. The molecule has 0 aliphatic carbocycles. The number of halogens is 1. The van der Waals surface area contributed by atoms with E-state index in [0.717, 1.165) is 48.2 Å². The normalized spacial score (nSPS) is 15.7. The Morgan fingerprint density at radius 3 is 2.35 bits per heavy atom. The van der Waals surface area contributed by atoms with E-state index in [1.807, 2.05) is 53.4 Å². The van der Waals surface area contributed by atoms with E-state index in [4.69, 9.17) is 16.3 Å². The molecule has 1 amide bonds. The van der Waals surface area contributed by atoms with Gasteiger partial charge in [-0.05, 0) is 35.7 Å². The van der Waals surface area contributed by atoms with Crippen LogP contribution >= 0.6 is 11.6 Å². The van der Waals surface area contributed by atoms with Crippen molar-refractivity contribution in [2.45, 2.75) is 19.3 Å². The number of methoxy groups -OCH3 is 1. The molecule has 0 spiro atoms. The lowest BCUT2D eigenvalue weighted by Crippen LogP contribution is -2.49. The topological polar surface area (TPSA) is 32.8 Å². The molecule has 4 nitrogen and oxygen atoms in total. The zero-order chi connectivity index (χ0) is 18.5. The summed E-state index contributed by atoms with van der Waals surface area (Å²) >= 11 is 6.28. The largest absolute Gasteiger partial charge is 0.497 e. The molecule has 1 aliphatic rings. The summed E-state index contributed by atoms with van der Waals surface area (Å²) in [5.41, 5.74) is 2.21. The Hall–Kier alpha value is -2.20. The van der Waals surface area contributed by atoms with Crippen molar-refractivity contribution in [3.05, 3.63) is 59.1 Å². The Balaban J connectivity index is 1.54. The van der Waals surface area contributed by atoms with Crippen molar-refractivity contribution in [1.29, 1.82) is 0 Å². The minimum absolute atomic E-state index is 0.190. The second-order valence-corrected chi connectivity index (χ2v) is 7.10. The maximum atomic E-state index is 12.7. The van der Waals surface area contributed by atoms with Crippen molar-refractivity contribution in [3.63, 3.8) is 0 Å². The second-order valence-electron chi connectivity index (χ2n) is 6.70. The molecule has 1 fully saturated rings. The zero-order valence-corrected chi connectivity index (χ0v) is 16.1. The van der Waals surface area contributed by atoms with Crippen LogP contribution in [0, 0.1) is 0 Å². The van der Waals surface area contributed by atoms with E-state index in [9.17, 15) is 4.79 Å². The predicted octanol–water partition coefficient (Wildman–Crippen LogP) is 4.19. The van der Waals surface area contributed by atoms with Crippen molar-refractivity contribution in [2.24, 2.45) is 0 Å². The first-order valence-corrected chi connectivity index (χ1v) is 9.37. The SMILES string of the molecule is COc1ccc(C(C)CC(=O)N2CCN(c3ccccc3Cl)CC2)cc1. The van der Waals surface area contributed by atoms with Gasteiger partial charge in [-0.25, -0.2) is 0 Å². The fourth-order valence-corrected chi connectivity index (χ4v) is 3.60. The number of piperazine rings is 1. The molecule has 0 radical (unpaired) electrons. The Morgan fingerprint density at radius 1 is 1.08 bits per heavy atom. The van der Waals surface area contributed by atoms with Crippen molar-refractivity contribution >= 4 is 23.2 Å². The van der Waals surface area contributed by atoms with Gasteiger partial charge >= 0.3 is 0 Å². The summed E-state index contributed by atoms with van der Waals surface area (Å²) in [7, 11) is 1.66. The fraction of sp³-hybridized carbons (Fsp3) is 0.381. The quantitative estimate of drug-likeness (QED) is 0.788. The fourth-order valence-electron chi connectivity index (χ4n) is 3.35. The third-order valence-electron chi connectivity index (χ3n) is 4.99. The van der Waals surface area contributed by atoms with Crippen LogP contribution in [0.25, 0.3) is 0 Å². The molecule has 1 atom stereocenters. The summed E-state index contributed by atoms with van der Waals surface area (Å²) < 4.78 is 5.19. The van der Waals surface area contributed by atoms with Gasteiger partial charge in [0.2, 0.25) is 5.91 Å². The highest BCUT2D eigenvalue weighted by Gasteiger charge is 2.23. The molecule has 26 heavy (non-hydrogen) atoms. The molecule has 138 valence electrons. The second kappa shape index (κ2) is 8.45. The van der Waals surface area contributed by atoms with Gasteiger partial charge in [0.25, 0.3) is 0 Å². The van der Waals surface area contributed by atoms with E-state index in [1.165, 1.54) is 0 Å². The van der Waals surface area contributed by atoms with E-state index in [-0.39, 0.29) is 11.8 Å². The van der Waals surface area contributed by atoms with Gasteiger partial charge in [0.15, 0.2) is 0 Å². The van der Waals surface area contributed by atoms with Crippen LogP contribution in [0.4, 0.5) is 5.69 Å². The van der Waals surface area contributed by atoms with Crippen molar-refractivity contribution in [3.8, 4) is 5.75 Å². The number of hydrogen-bond acceptors (Lipinski definition) is 3. The number of para-hydroxylation sites is 1. The Bertz CT molecular complexity index is 740. The third kappa shape index (κ3) is 4.31. The minimum Gasteiger partial charge on any atom is -0.497 e. The molecule has 3 rings (SSSR count). The van der Waals surface area contributed by atoms with Crippen LogP contribution in [0.5, 0.6) is 5.75 Å². The van der Waals surface area contributed by atoms with E-state index < -0.39 is 0 Å². The maximum Gasteiger partial charge on any atom is 0.223 e. The number of carbonyl (C=O) groups is 1. The average molecular weight is 373 g/mol. The highest BCUT2D eigenvalue weighted by atomic mass is 35.5. The van der Waals surface area contributed by atoms with Gasteiger partial charge in [0, 0.05) is 32.6 Å². The maximum absolute atomic E-state index is 12.7. The number of nitrogens with zero attached hydrogens (tertiary/aromatic N) is 2. The number of benzene rings is 2. The van der Waals surface area contributed by atoms with Crippen LogP contribution < -0.4 is 9.64 Å². The number of rotatable bonds is 5. The summed E-state index contributed by atoms with van der Waals surface area (Å²) in [6.45, 7) is 5.19. The summed E-state index contributed by atoms with van der Waals surface area (Å²) in [4.78, 5) is 16.9. The Kier molecular flexibility index (Phi) is 6.04. The summed E-state index contributed by atoms with van der Waals surface area (Å²) in [6.07, 6.45) is 0.526. The molecule has 2 aromatic carbocycles. The number of carbonyl (C=O) groups excluding carboxylic acids is 1. The molecule has 0 N–H and O–H groups in total. The van der Waals surface area contributed by atoms with Crippen LogP contribution in [-0.4, -0.2) is 44.1 Å². The predicted molar refractivity (Wildman–Crippen MR) is 106 cm³/mol. The smallest absolute Gasteiger partial charge is 0.223 e. The third-order valence-corrected chi connectivity index (χ3v) is 5.31. The molecule has 1 saturated heterocycles. The molecule has 0 aromatic heterocycles. The molecule has 1 aliphatic heterocycles. The Labute approximate surface area is 160 Å². The highest BCUT2D eigenvalue weighted by molar-refractivity contribution is 6.33. The molecular weight excluding hydrogens is 348 g/mol. The van der Waals surface area contributed by atoms with Crippen molar-refractivity contribution in [2.75, 3.05) is 38.2 Å². The first-order valence-electron chi connectivity index (χ1n) is 8.99. The first-order chi connectivity index (χ1) is 12.6. The van der Waals surface area contributed by atoms with Crippen LogP contribution in [0.15, 0.2) is 48.5 Å². The summed E-state index contributed by atoms with van der Waals surface area (Å²) in [5, 5.41) is 0.764. The zero-order valence-electron chi connectivity index (χ0n) is 15.3. The highest BCUT2D eigenvalue weighted by Crippen LogP contribution is 2.27. The standard InChI is InChI=1S/C21H25ClN2O2/c1-16(17-7-9-18(26-2)10-8-17)15-21(25)24-13-11-23(12-14-24)20-6-4-3-5-19(20)22/h3-10,16H,11-15H2,1-2H3. The Morgan fingerprint density at radius 2 is 1.73 bits per heavy atom. The molecular formula is C21H25ClN2O2. The lowest BCUT2D eigenvalue weighted by atomic mass is 9.97. The lowest BCUT2D eigenvalue weighted by Gasteiger charge is -2.37. The summed E-state index contributed by atoms with van der Waals surface area (Å²) in [5.74, 6) is 1.24. The van der Waals surface area contributed by atoms with E-state index >= 15 is 0 Å². The summed E-state index contributed by atoms with van der Waals surface area (Å²) in [6, 6.07) is 15.8. The first kappa shape index (κ1) is 18.6. The molecule has 1 unspecified atom stereocenters. The van der Waals surface area contributed by atoms with Gasteiger partial charge in [-0.15, -0.1) is 0 Å². The van der Waals surface area contributed by atoms with E-state index in [0.29, 0.717) is 6.42 Å². The molecule has 1 heterocycles. The van der Waals surface area contributed by atoms with Gasteiger partial charge in [-0.3, -0.25) is 4.79 Å². The molecule has 2 aromatic rings. The van der Waals surface area contributed by atoms with Gasteiger partial charge in [0.05, 0.1) is 17.8 Å². The number of amides is 1. The van der Waals surface area contributed by atoms with Gasteiger partial charge < -0.3 is 14.5 Å². The number of ether oxygens (including phenoxy) is 1. The molecule has 0 bridgehead atoms. The van der Waals surface area contributed by atoms with E-state index in [2.05, 4.69) is 11.8 Å². The lowest BCUT2D eigenvalue weighted by molar-refractivity contribution is -0.131. The van der Waals surface area contributed by atoms with Crippen LogP contribution in [0.2, 0.25) is 5.02 Å². The monoisotopic (exact) mass is 372 g/mol. The van der Waals surface area contributed by atoms with Gasteiger partial charge in [-0.1, -0.05) is 42.8 Å².